The molecule has 0 bridgehead atoms. The lowest BCUT2D eigenvalue weighted by atomic mass is 10.1. The Morgan fingerprint density at radius 1 is 1.28 bits per heavy atom. The fraction of sp³-hybridized carbons (Fsp3) is 0.0526. The molecule has 0 N–H and O–H groups in total. The summed E-state index contributed by atoms with van der Waals surface area (Å²) in [7, 11) is 1.63. The van der Waals surface area contributed by atoms with Crippen LogP contribution in [0.25, 0.3) is 22.3 Å². The van der Waals surface area contributed by atoms with Gasteiger partial charge in [-0.15, -0.1) is 11.3 Å². The molecule has 4 rings (SSSR count). The molecule has 0 unspecified atom stereocenters. The van der Waals surface area contributed by atoms with Crippen molar-refractivity contribution in [2.45, 2.75) is 0 Å². The van der Waals surface area contributed by atoms with Crippen LogP contribution in [0, 0.1) is 0 Å². The maximum Gasteiger partial charge on any atom is 0.221 e. The summed E-state index contributed by atoms with van der Waals surface area (Å²) in [6.07, 6.45) is 6.71. The summed E-state index contributed by atoms with van der Waals surface area (Å²) >= 11 is 1.55. The first kappa shape index (κ1) is 15.4. The molecule has 4 aromatic rings. The molecular weight excluding hydrogens is 336 g/mol. The number of thiazole rings is 1. The minimum atomic E-state index is -0.184. The number of imidazole rings is 1. The molecule has 1 aromatic carbocycles. The summed E-state index contributed by atoms with van der Waals surface area (Å²) in [5.41, 5.74) is 2.63. The standard InChI is InChI=1S/C19H14N2O3S/c1-23-14-6-4-13(5-7-14)18-15(21-10-12-25-19(21)20-18)8-9-16(22)17-3-2-11-24-17/h2-12H,1H3. The number of nitrogens with zero attached hydrogens (tertiary/aromatic N) is 2. The normalized spacial score (nSPS) is 11.4. The van der Waals surface area contributed by atoms with Gasteiger partial charge in [-0.1, -0.05) is 0 Å². The van der Waals surface area contributed by atoms with Crippen LogP contribution in [0.15, 0.2) is 64.7 Å². The summed E-state index contributed by atoms with van der Waals surface area (Å²) in [6.45, 7) is 0. The molecule has 0 radical (unpaired) electrons. The molecule has 6 heteroatoms. The highest BCUT2D eigenvalue weighted by Crippen LogP contribution is 2.29. The van der Waals surface area contributed by atoms with Crippen molar-refractivity contribution >= 4 is 28.2 Å². The lowest BCUT2D eigenvalue weighted by Gasteiger charge is -2.02. The van der Waals surface area contributed by atoms with Gasteiger partial charge in [-0.3, -0.25) is 9.20 Å². The average Bonchev–Trinajstić information content (AvgIpc) is 3.37. The Morgan fingerprint density at radius 3 is 2.84 bits per heavy atom. The van der Waals surface area contributed by atoms with Crippen LogP contribution in [0.4, 0.5) is 0 Å². The molecule has 0 amide bonds. The highest BCUT2D eigenvalue weighted by atomic mass is 32.1. The third-order valence-electron chi connectivity index (χ3n) is 3.82. The molecule has 0 atom stereocenters. The monoisotopic (exact) mass is 350 g/mol. The van der Waals surface area contributed by atoms with Gasteiger partial charge in [0.25, 0.3) is 0 Å². The van der Waals surface area contributed by atoms with Gasteiger partial charge in [-0.05, 0) is 48.6 Å². The number of aromatic nitrogens is 2. The molecule has 0 saturated carbocycles. The van der Waals surface area contributed by atoms with Crippen LogP contribution in [0.3, 0.4) is 0 Å². The van der Waals surface area contributed by atoms with Gasteiger partial charge >= 0.3 is 0 Å². The van der Waals surface area contributed by atoms with Crippen LogP contribution in [0.1, 0.15) is 16.2 Å². The zero-order valence-corrected chi connectivity index (χ0v) is 14.2. The number of fused-ring (bicyclic) bond motifs is 1. The number of hydrogen-bond donors (Lipinski definition) is 0. The predicted molar refractivity (Wildman–Crippen MR) is 97.1 cm³/mol. The fourth-order valence-corrected chi connectivity index (χ4v) is 3.30. The zero-order chi connectivity index (χ0) is 17.2. The van der Waals surface area contributed by atoms with Crippen LogP contribution >= 0.6 is 11.3 Å². The molecule has 3 aromatic heterocycles. The Morgan fingerprint density at radius 2 is 2.12 bits per heavy atom. The molecular formula is C19H14N2O3S. The highest BCUT2D eigenvalue weighted by Gasteiger charge is 2.14. The minimum absolute atomic E-state index is 0.184. The van der Waals surface area contributed by atoms with Gasteiger partial charge in [0.2, 0.25) is 5.78 Å². The van der Waals surface area contributed by atoms with E-state index in [1.54, 1.807) is 36.7 Å². The number of ether oxygens (including phenoxy) is 1. The number of ketones is 1. The lowest BCUT2D eigenvalue weighted by molar-refractivity contribution is 0.102. The van der Waals surface area contributed by atoms with Crippen molar-refractivity contribution in [2.24, 2.45) is 0 Å². The van der Waals surface area contributed by atoms with Crippen molar-refractivity contribution < 1.29 is 13.9 Å². The SMILES string of the molecule is COc1ccc(-c2nc3sccn3c2C=CC(=O)c2ccco2)cc1. The first-order chi connectivity index (χ1) is 12.3. The van der Waals surface area contributed by atoms with Crippen molar-refractivity contribution in [1.29, 1.82) is 0 Å². The Balaban J connectivity index is 1.76. The molecule has 0 saturated heterocycles. The van der Waals surface area contributed by atoms with E-state index in [2.05, 4.69) is 0 Å². The lowest BCUT2D eigenvalue weighted by Crippen LogP contribution is -1.92. The minimum Gasteiger partial charge on any atom is -0.497 e. The number of allylic oxidation sites excluding steroid dienone is 1. The van der Waals surface area contributed by atoms with Gasteiger partial charge in [0.1, 0.15) is 5.75 Å². The van der Waals surface area contributed by atoms with E-state index in [4.69, 9.17) is 14.1 Å². The average molecular weight is 350 g/mol. The second kappa shape index (κ2) is 6.41. The van der Waals surface area contributed by atoms with Gasteiger partial charge < -0.3 is 9.15 Å². The molecule has 124 valence electrons. The molecule has 5 nitrogen and oxygen atoms in total. The third kappa shape index (κ3) is 2.88. The summed E-state index contributed by atoms with van der Waals surface area (Å²) in [6, 6.07) is 11.0. The first-order valence-electron chi connectivity index (χ1n) is 7.62. The maximum absolute atomic E-state index is 12.2. The smallest absolute Gasteiger partial charge is 0.221 e. The van der Waals surface area contributed by atoms with E-state index < -0.39 is 0 Å². The highest BCUT2D eigenvalue weighted by molar-refractivity contribution is 7.15. The predicted octanol–water partition coefficient (Wildman–Crippen LogP) is 4.56. The molecule has 0 aliphatic rings. The summed E-state index contributed by atoms with van der Waals surface area (Å²) in [5.74, 6) is 0.916. The van der Waals surface area contributed by atoms with Gasteiger partial charge in [0, 0.05) is 17.1 Å². The molecule has 0 aliphatic heterocycles. The van der Waals surface area contributed by atoms with E-state index >= 15 is 0 Å². The Labute approximate surface area is 147 Å². The quantitative estimate of drug-likeness (QED) is 0.391. The first-order valence-corrected chi connectivity index (χ1v) is 8.50. The number of methoxy groups -OCH3 is 1. The van der Waals surface area contributed by atoms with Crippen LogP contribution < -0.4 is 4.74 Å². The van der Waals surface area contributed by atoms with Crippen molar-refractivity contribution in [3.8, 4) is 17.0 Å². The Bertz CT molecular complexity index is 1040. The summed E-state index contributed by atoms with van der Waals surface area (Å²) in [4.78, 5) is 17.7. The Kier molecular flexibility index (Phi) is 3.95. The van der Waals surface area contributed by atoms with E-state index in [1.807, 2.05) is 40.2 Å². The molecule has 0 spiro atoms. The van der Waals surface area contributed by atoms with Crippen LogP contribution in [0.2, 0.25) is 0 Å². The van der Waals surface area contributed by atoms with E-state index in [9.17, 15) is 4.79 Å². The van der Waals surface area contributed by atoms with Gasteiger partial charge in [-0.2, -0.15) is 0 Å². The number of carbonyl (C=O) groups is 1. The van der Waals surface area contributed by atoms with E-state index in [1.165, 1.54) is 12.3 Å². The summed E-state index contributed by atoms with van der Waals surface area (Å²) in [5, 5.41) is 1.96. The second-order valence-corrected chi connectivity index (χ2v) is 6.18. The van der Waals surface area contributed by atoms with Gasteiger partial charge in [0.15, 0.2) is 10.7 Å². The fourth-order valence-electron chi connectivity index (χ4n) is 2.58. The topological polar surface area (TPSA) is 56.7 Å². The number of carbonyl (C=O) groups excluding carboxylic acids is 1. The van der Waals surface area contributed by atoms with Gasteiger partial charge in [-0.25, -0.2) is 4.98 Å². The van der Waals surface area contributed by atoms with E-state index in [0.29, 0.717) is 5.76 Å². The number of rotatable bonds is 5. The van der Waals surface area contributed by atoms with Crippen LogP contribution in [-0.4, -0.2) is 22.3 Å². The molecule has 25 heavy (non-hydrogen) atoms. The number of benzene rings is 1. The maximum atomic E-state index is 12.2. The van der Waals surface area contributed by atoms with Crippen molar-refractivity contribution in [3.05, 3.63) is 71.8 Å². The second-order valence-electron chi connectivity index (χ2n) is 5.30. The zero-order valence-electron chi connectivity index (χ0n) is 13.4. The van der Waals surface area contributed by atoms with Crippen molar-refractivity contribution in [3.63, 3.8) is 0 Å². The largest absolute Gasteiger partial charge is 0.497 e. The van der Waals surface area contributed by atoms with E-state index in [0.717, 1.165) is 27.7 Å². The molecule has 0 fully saturated rings. The summed E-state index contributed by atoms with van der Waals surface area (Å²) < 4.78 is 12.3. The third-order valence-corrected chi connectivity index (χ3v) is 4.58. The van der Waals surface area contributed by atoms with Gasteiger partial charge in [0.05, 0.1) is 24.8 Å². The van der Waals surface area contributed by atoms with E-state index in [-0.39, 0.29) is 5.78 Å². The van der Waals surface area contributed by atoms with Crippen LogP contribution in [-0.2, 0) is 0 Å². The number of furan rings is 1. The van der Waals surface area contributed by atoms with Crippen LogP contribution in [0.5, 0.6) is 5.75 Å². The molecule has 3 heterocycles. The number of hydrogen-bond acceptors (Lipinski definition) is 5. The van der Waals surface area contributed by atoms with Crippen molar-refractivity contribution in [1.82, 2.24) is 9.38 Å². The Hall–Kier alpha value is -3.12. The van der Waals surface area contributed by atoms with Crippen molar-refractivity contribution in [2.75, 3.05) is 7.11 Å². The molecule has 0 aliphatic carbocycles.